The summed E-state index contributed by atoms with van der Waals surface area (Å²) in [6.07, 6.45) is 2.74. The van der Waals surface area contributed by atoms with Gasteiger partial charge in [0.05, 0.1) is 29.8 Å². The van der Waals surface area contributed by atoms with Crippen molar-refractivity contribution >= 4 is 46.7 Å². The van der Waals surface area contributed by atoms with Crippen molar-refractivity contribution in [3.05, 3.63) is 57.8 Å². The maximum absolute atomic E-state index is 12.5. The zero-order chi connectivity index (χ0) is 24.0. The molecule has 13 heteroatoms. The van der Waals surface area contributed by atoms with Gasteiger partial charge in [0, 0.05) is 24.5 Å². The van der Waals surface area contributed by atoms with Crippen molar-refractivity contribution in [2.45, 2.75) is 12.5 Å². The Morgan fingerprint density at radius 1 is 1.00 bits per heavy atom. The van der Waals surface area contributed by atoms with E-state index in [1.165, 1.54) is 26.6 Å². The number of carboxylic acids is 1. The van der Waals surface area contributed by atoms with Crippen molar-refractivity contribution in [1.82, 2.24) is 19.9 Å². The number of carbonyl (C=O) groups excluding carboxylic acids is 1. The summed E-state index contributed by atoms with van der Waals surface area (Å²) in [4.78, 5) is 39.9. The summed E-state index contributed by atoms with van der Waals surface area (Å²) in [5.41, 5.74) is 1.26. The second-order valence-electron chi connectivity index (χ2n) is 6.50. The van der Waals surface area contributed by atoms with Crippen molar-refractivity contribution in [1.29, 1.82) is 0 Å². The second-order valence-corrected chi connectivity index (χ2v) is 7.32. The lowest BCUT2D eigenvalue weighted by Gasteiger charge is -2.15. The van der Waals surface area contributed by atoms with Crippen LogP contribution in [-0.2, 0) is 11.2 Å². The van der Waals surface area contributed by atoms with Gasteiger partial charge in [-0.2, -0.15) is 9.97 Å². The van der Waals surface area contributed by atoms with Gasteiger partial charge in [-0.1, -0.05) is 35.3 Å². The van der Waals surface area contributed by atoms with E-state index in [0.717, 1.165) is 0 Å². The number of carboxylic acid groups (broad SMARTS) is 1. The summed E-state index contributed by atoms with van der Waals surface area (Å²) in [5, 5.41) is 15.3. The largest absolute Gasteiger partial charge is 0.480 e. The van der Waals surface area contributed by atoms with Crippen molar-refractivity contribution in [2.75, 3.05) is 24.9 Å². The van der Waals surface area contributed by atoms with Crippen molar-refractivity contribution in [3.8, 4) is 12.0 Å². The van der Waals surface area contributed by atoms with E-state index in [1.807, 2.05) is 0 Å². The lowest BCUT2D eigenvalue weighted by atomic mass is 10.1. The van der Waals surface area contributed by atoms with Crippen LogP contribution in [0, 0.1) is 0 Å². The Balaban J connectivity index is 1.71. The quantitative estimate of drug-likeness (QED) is 0.406. The van der Waals surface area contributed by atoms with Crippen LogP contribution < -0.4 is 20.1 Å². The predicted molar refractivity (Wildman–Crippen MR) is 120 cm³/mol. The highest BCUT2D eigenvalue weighted by atomic mass is 35.5. The van der Waals surface area contributed by atoms with Crippen LogP contribution in [0.3, 0.4) is 0 Å². The number of anilines is 2. The molecule has 1 atom stereocenters. The molecule has 0 unspecified atom stereocenters. The van der Waals surface area contributed by atoms with Gasteiger partial charge in [0.25, 0.3) is 5.91 Å². The summed E-state index contributed by atoms with van der Waals surface area (Å²) in [7, 11) is 2.73. The standard InChI is InChI=1S/C20H18Cl2N6O5/c1-32-19-26-18(27-20(28-19)33-2)25-14(17(30)31)7-10-3-5-11(6-4-10)24-16(29)15-12(21)8-23-9-13(15)22/h3-6,8-9,14H,7H2,1-2H3,(H,24,29)(H,30,31)(H,25,26,27,28)/t14-/m1/s1. The van der Waals surface area contributed by atoms with Crippen LogP contribution in [0.25, 0.3) is 0 Å². The molecular formula is C20H18Cl2N6O5. The average Bonchev–Trinajstić information content (AvgIpc) is 2.79. The van der Waals surface area contributed by atoms with Gasteiger partial charge in [-0.25, -0.2) is 4.79 Å². The molecule has 2 heterocycles. The molecule has 0 aliphatic rings. The molecule has 11 nitrogen and oxygen atoms in total. The van der Waals surface area contributed by atoms with Crippen LogP contribution in [0.5, 0.6) is 12.0 Å². The Hall–Kier alpha value is -3.70. The van der Waals surface area contributed by atoms with Gasteiger partial charge in [0.15, 0.2) is 0 Å². The van der Waals surface area contributed by atoms with Gasteiger partial charge in [0.1, 0.15) is 6.04 Å². The lowest BCUT2D eigenvalue weighted by Crippen LogP contribution is -2.32. The fraction of sp³-hybridized carbons (Fsp3) is 0.200. The number of aliphatic carboxylic acids is 1. The molecule has 3 N–H and O–H groups in total. The Morgan fingerprint density at radius 2 is 1.58 bits per heavy atom. The number of nitrogens with zero attached hydrogens (tertiary/aromatic N) is 4. The minimum absolute atomic E-state index is 0.0129. The predicted octanol–water partition coefficient (Wildman–Crippen LogP) is 2.95. The molecular weight excluding hydrogens is 475 g/mol. The highest BCUT2D eigenvalue weighted by molar-refractivity contribution is 6.40. The van der Waals surface area contributed by atoms with Crippen molar-refractivity contribution in [2.24, 2.45) is 0 Å². The number of nitrogens with one attached hydrogen (secondary N) is 2. The Labute approximate surface area is 198 Å². The van der Waals surface area contributed by atoms with Crippen LogP contribution in [0.1, 0.15) is 15.9 Å². The Bertz CT molecular complexity index is 1120. The van der Waals surface area contributed by atoms with Crippen LogP contribution in [0.15, 0.2) is 36.7 Å². The Kier molecular flexibility index (Phi) is 7.80. The van der Waals surface area contributed by atoms with Crippen LogP contribution in [-0.4, -0.2) is 57.2 Å². The molecule has 1 aromatic carbocycles. The van der Waals surface area contributed by atoms with Crippen LogP contribution in [0.2, 0.25) is 10.0 Å². The average molecular weight is 493 g/mol. The second kappa shape index (κ2) is 10.7. The molecule has 33 heavy (non-hydrogen) atoms. The van der Waals surface area contributed by atoms with Crippen molar-refractivity contribution in [3.63, 3.8) is 0 Å². The number of hydrogen-bond acceptors (Lipinski definition) is 9. The molecule has 3 aromatic rings. The number of rotatable bonds is 9. The third kappa shape index (κ3) is 6.18. The molecule has 0 fully saturated rings. The molecule has 2 aromatic heterocycles. The minimum Gasteiger partial charge on any atom is -0.480 e. The molecule has 0 saturated carbocycles. The van der Waals surface area contributed by atoms with Gasteiger partial charge in [0.2, 0.25) is 5.95 Å². The number of halogens is 2. The molecule has 3 rings (SSSR count). The van der Waals surface area contributed by atoms with Crippen LogP contribution >= 0.6 is 23.2 Å². The smallest absolute Gasteiger partial charge is 0.326 e. The summed E-state index contributed by atoms with van der Waals surface area (Å²) < 4.78 is 9.93. The van der Waals surface area contributed by atoms with E-state index in [2.05, 4.69) is 30.6 Å². The maximum atomic E-state index is 12.5. The SMILES string of the molecule is COc1nc(N[C@H](Cc2ccc(NC(=O)c3c(Cl)cncc3Cl)cc2)C(=O)O)nc(OC)n1. The fourth-order valence-corrected chi connectivity index (χ4v) is 3.26. The molecule has 1 amide bonds. The summed E-state index contributed by atoms with van der Waals surface area (Å²) >= 11 is 12.0. The lowest BCUT2D eigenvalue weighted by molar-refractivity contribution is -0.137. The van der Waals surface area contributed by atoms with Gasteiger partial charge >= 0.3 is 18.0 Å². The fourth-order valence-electron chi connectivity index (χ4n) is 2.72. The molecule has 0 aliphatic carbocycles. The van der Waals surface area contributed by atoms with Gasteiger partial charge in [-0.3, -0.25) is 9.78 Å². The number of methoxy groups -OCH3 is 2. The molecule has 0 spiro atoms. The van der Waals surface area contributed by atoms with Crippen molar-refractivity contribution < 1.29 is 24.2 Å². The maximum Gasteiger partial charge on any atom is 0.326 e. The van der Waals surface area contributed by atoms with E-state index in [9.17, 15) is 14.7 Å². The summed E-state index contributed by atoms with van der Waals surface area (Å²) in [6, 6.07) is 5.51. The normalized spacial score (nSPS) is 11.4. The number of benzene rings is 1. The van der Waals surface area contributed by atoms with E-state index in [1.54, 1.807) is 24.3 Å². The minimum atomic E-state index is -1.12. The molecule has 0 saturated heterocycles. The van der Waals surface area contributed by atoms with E-state index in [4.69, 9.17) is 32.7 Å². The van der Waals surface area contributed by atoms with E-state index >= 15 is 0 Å². The monoisotopic (exact) mass is 492 g/mol. The van der Waals surface area contributed by atoms with Gasteiger partial charge < -0.3 is 25.2 Å². The first-order valence-corrected chi connectivity index (χ1v) is 10.1. The first-order valence-electron chi connectivity index (χ1n) is 9.33. The summed E-state index contributed by atoms with van der Waals surface area (Å²) in [5.74, 6) is -1.63. The molecule has 0 aliphatic heterocycles. The third-order valence-corrected chi connectivity index (χ3v) is 4.87. The van der Waals surface area contributed by atoms with Gasteiger partial charge in [-0.15, -0.1) is 4.98 Å². The third-order valence-electron chi connectivity index (χ3n) is 4.29. The molecule has 0 radical (unpaired) electrons. The topological polar surface area (TPSA) is 148 Å². The number of ether oxygens (including phenoxy) is 2. The van der Waals surface area contributed by atoms with E-state index in [0.29, 0.717) is 11.3 Å². The molecule has 0 bridgehead atoms. The number of hydrogen-bond donors (Lipinski definition) is 3. The zero-order valence-electron chi connectivity index (χ0n) is 17.4. The van der Waals surface area contributed by atoms with Gasteiger partial charge in [-0.05, 0) is 17.7 Å². The van der Waals surface area contributed by atoms with Crippen LogP contribution in [0.4, 0.5) is 11.6 Å². The number of amides is 1. The van der Waals surface area contributed by atoms with E-state index < -0.39 is 17.9 Å². The highest BCUT2D eigenvalue weighted by Gasteiger charge is 2.21. The highest BCUT2D eigenvalue weighted by Crippen LogP contribution is 2.24. The first-order chi connectivity index (χ1) is 15.8. The van der Waals surface area contributed by atoms with E-state index in [-0.39, 0.29) is 40.0 Å². The molecule has 172 valence electrons. The first kappa shape index (κ1) is 24.0. The number of carbonyl (C=O) groups is 2. The number of pyridine rings is 1. The number of aromatic nitrogens is 4. The zero-order valence-corrected chi connectivity index (χ0v) is 18.9. The Morgan fingerprint density at radius 3 is 2.09 bits per heavy atom. The summed E-state index contributed by atoms with van der Waals surface area (Å²) in [6.45, 7) is 0.